The smallest absolute Gasteiger partial charge is 0.279 e. The molecule has 1 heterocycles. The number of rotatable bonds is 7. The summed E-state index contributed by atoms with van der Waals surface area (Å²) in [7, 11) is 0. The summed E-state index contributed by atoms with van der Waals surface area (Å²) in [5, 5.41) is 3.16. The fourth-order valence-electron chi connectivity index (χ4n) is 3.88. The van der Waals surface area contributed by atoms with Gasteiger partial charge in [0.25, 0.3) is 5.91 Å². The number of carbonyl (C=O) groups is 1. The second-order valence-corrected chi connectivity index (χ2v) is 7.70. The summed E-state index contributed by atoms with van der Waals surface area (Å²) in [6.07, 6.45) is 5.41. The van der Waals surface area contributed by atoms with Crippen molar-refractivity contribution in [3.8, 4) is 0 Å². The van der Waals surface area contributed by atoms with Gasteiger partial charge in [0.1, 0.15) is 26.2 Å². The molecule has 0 spiro atoms. The van der Waals surface area contributed by atoms with E-state index in [0.29, 0.717) is 6.54 Å². The van der Waals surface area contributed by atoms with Crippen LogP contribution in [-0.4, -0.2) is 45.2 Å². The molecule has 1 amide bonds. The maximum atomic E-state index is 12.6. The highest BCUT2D eigenvalue weighted by Crippen LogP contribution is 2.20. The van der Waals surface area contributed by atoms with Gasteiger partial charge >= 0.3 is 0 Å². The fourth-order valence-corrected chi connectivity index (χ4v) is 3.88. The van der Waals surface area contributed by atoms with Gasteiger partial charge in [0.05, 0.1) is 6.54 Å². The average molecular weight is 380 g/mol. The van der Waals surface area contributed by atoms with Gasteiger partial charge in [0.15, 0.2) is 6.54 Å². The number of hydrogen-bond acceptors (Lipinski definition) is 1. The molecule has 1 aliphatic heterocycles. The van der Waals surface area contributed by atoms with Crippen molar-refractivity contribution in [2.24, 2.45) is 0 Å². The molecule has 148 valence electrons. The van der Waals surface area contributed by atoms with Crippen LogP contribution in [0.4, 0.5) is 5.69 Å². The van der Waals surface area contributed by atoms with E-state index >= 15 is 0 Å². The first kappa shape index (κ1) is 20.3. The topological polar surface area (TPSA) is 38.0 Å². The van der Waals surface area contributed by atoms with Crippen LogP contribution in [0.3, 0.4) is 0 Å². The lowest BCUT2D eigenvalue weighted by atomic mass is 10.1. The van der Waals surface area contributed by atoms with E-state index in [2.05, 4.69) is 73.8 Å². The lowest BCUT2D eigenvalue weighted by Gasteiger charge is -2.28. The van der Waals surface area contributed by atoms with Gasteiger partial charge in [-0.1, -0.05) is 61.5 Å². The third kappa shape index (κ3) is 5.78. The number of benzene rings is 2. The van der Waals surface area contributed by atoms with E-state index in [1.54, 1.807) is 4.90 Å². The summed E-state index contributed by atoms with van der Waals surface area (Å²) in [5.74, 6) is 0.131. The minimum atomic E-state index is 0.131. The Morgan fingerprint density at radius 1 is 1.00 bits per heavy atom. The summed E-state index contributed by atoms with van der Waals surface area (Å²) in [6.45, 7) is 10.1. The largest absolute Gasteiger partial charge is 0.322 e. The van der Waals surface area contributed by atoms with Crippen LogP contribution in [-0.2, 0) is 11.2 Å². The lowest BCUT2D eigenvalue weighted by molar-refractivity contribution is -1.01. The van der Waals surface area contributed by atoms with E-state index in [4.69, 9.17) is 0 Å². The average Bonchev–Trinajstić information content (AvgIpc) is 2.71. The molecule has 1 aliphatic rings. The van der Waals surface area contributed by atoms with Crippen LogP contribution in [0.25, 0.3) is 6.08 Å². The second-order valence-electron chi connectivity index (χ2n) is 7.70. The molecule has 4 heteroatoms. The number of quaternary nitrogens is 2. The van der Waals surface area contributed by atoms with E-state index in [1.165, 1.54) is 16.0 Å². The van der Waals surface area contributed by atoms with Crippen LogP contribution in [0.15, 0.2) is 54.6 Å². The van der Waals surface area contributed by atoms with E-state index in [1.807, 2.05) is 6.07 Å². The number of carbonyl (C=O) groups excluding carboxylic acids is 1. The molecule has 4 nitrogen and oxygen atoms in total. The molecule has 0 bridgehead atoms. The van der Waals surface area contributed by atoms with Crippen molar-refractivity contribution in [3.63, 3.8) is 0 Å². The number of para-hydroxylation sites is 1. The predicted octanol–water partition coefficient (Wildman–Crippen LogP) is 0.993. The number of aryl methyl sites for hydroxylation is 2. The Labute approximate surface area is 168 Å². The first-order valence-corrected chi connectivity index (χ1v) is 10.4. The molecular weight excluding hydrogens is 346 g/mol. The maximum absolute atomic E-state index is 12.6. The highest BCUT2D eigenvalue weighted by atomic mass is 16.2. The van der Waals surface area contributed by atoms with Gasteiger partial charge in [0, 0.05) is 5.69 Å². The molecule has 1 saturated heterocycles. The standard InChI is InChI=1S/C24H31N3O/c1-3-22-13-7-9-20(2)24(22)25-23(28)19-27-17-15-26(16-18-27)14-8-12-21-10-5-4-6-11-21/h4-13H,3,14-19H2,1-2H3,(H,25,28)/p+2/b12-8+. The molecule has 2 aromatic rings. The highest BCUT2D eigenvalue weighted by molar-refractivity contribution is 5.93. The summed E-state index contributed by atoms with van der Waals surface area (Å²) >= 11 is 0. The van der Waals surface area contributed by atoms with Gasteiger partial charge in [-0.05, 0) is 36.1 Å². The first-order valence-electron chi connectivity index (χ1n) is 10.4. The van der Waals surface area contributed by atoms with E-state index < -0.39 is 0 Å². The van der Waals surface area contributed by atoms with Gasteiger partial charge in [-0.25, -0.2) is 0 Å². The molecule has 1 fully saturated rings. The van der Waals surface area contributed by atoms with Crippen LogP contribution in [0, 0.1) is 6.92 Å². The SMILES string of the molecule is CCc1cccc(C)c1NC(=O)C[NH+]1CC[NH+](C/C=C/c2ccccc2)CC1. The summed E-state index contributed by atoms with van der Waals surface area (Å²) in [6, 6.07) is 16.7. The molecule has 3 N–H and O–H groups in total. The number of amides is 1. The highest BCUT2D eigenvalue weighted by Gasteiger charge is 2.24. The third-order valence-electron chi connectivity index (χ3n) is 5.60. The summed E-state index contributed by atoms with van der Waals surface area (Å²) in [5.41, 5.74) is 4.61. The molecule has 2 aromatic carbocycles. The van der Waals surface area contributed by atoms with Gasteiger partial charge in [-0.15, -0.1) is 0 Å². The molecule has 0 saturated carbocycles. The van der Waals surface area contributed by atoms with Gasteiger partial charge in [-0.2, -0.15) is 0 Å². The molecular formula is C24H33N3O+2. The monoisotopic (exact) mass is 379 g/mol. The zero-order valence-corrected chi connectivity index (χ0v) is 17.1. The molecule has 0 atom stereocenters. The van der Waals surface area contributed by atoms with Crippen molar-refractivity contribution in [1.29, 1.82) is 0 Å². The number of anilines is 1. The normalized spacial score (nSPS) is 19.6. The molecule has 0 radical (unpaired) electrons. The molecule has 28 heavy (non-hydrogen) atoms. The molecule has 0 unspecified atom stereocenters. The second kappa shape index (κ2) is 10.2. The Balaban J connectivity index is 1.43. The van der Waals surface area contributed by atoms with Crippen molar-refractivity contribution >= 4 is 17.7 Å². The van der Waals surface area contributed by atoms with E-state index in [-0.39, 0.29) is 5.91 Å². The predicted molar refractivity (Wildman–Crippen MR) is 116 cm³/mol. The minimum Gasteiger partial charge on any atom is -0.322 e. The van der Waals surface area contributed by atoms with Crippen LogP contribution < -0.4 is 15.1 Å². The maximum Gasteiger partial charge on any atom is 0.279 e. The Hall–Kier alpha value is -2.43. The van der Waals surface area contributed by atoms with Crippen molar-refractivity contribution in [2.45, 2.75) is 20.3 Å². The molecule has 3 rings (SSSR count). The Morgan fingerprint density at radius 2 is 1.71 bits per heavy atom. The zero-order chi connectivity index (χ0) is 19.8. The van der Waals surface area contributed by atoms with Crippen LogP contribution >= 0.6 is 0 Å². The van der Waals surface area contributed by atoms with Gasteiger partial charge in [0.2, 0.25) is 0 Å². The van der Waals surface area contributed by atoms with Crippen molar-refractivity contribution in [2.75, 3.05) is 44.6 Å². The third-order valence-corrected chi connectivity index (χ3v) is 5.60. The summed E-state index contributed by atoms with van der Waals surface area (Å²) in [4.78, 5) is 15.6. The molecule has 0 aromatic heterocycles. The Kier molecular flexibility index (Phi) is 7.40. The Morgan fingerprint density at radius 3 is 2.43 bits per heavy atom. The van der Waals surface area contributed by atoms with Crippen molar-refractivity contribution < 1.29 is 14.6 Å². The number of nitrogens with one attached hydrogen (secondary N) is 3. The van der Waals surface area contributed by atoms with E-state index in [0.717, 1.165) is 50.4 Å². The Bertz CT molecular complexity index is 793. The number of hydrogen-bond donors (Lipinski definition) is 3. The zero-order valence-electron chi connectivity index (χ0n) is 17.1. The van der Waals surface area contributed by atoms with Crippen molar-refractivity contribution in [3.05, 3.63) is 71.3 Å². The van der Waals surface area contributed by atoms with Gasteiger partial charge < -0.3 is 15.1 Å². The minimum absolute atomic E-state index is 0.131. The molecule has 0 aliphatic carbocycles. The van der Waals surface area contributed by atoms with Crippen molar-refractivity contribution in [1.82, 2.24) is 0 Å². The van der Waals surface area contributed by atoms with Gasteiger partial charge in [-0.3, -0.25) is 4.79 Å². The summed E-state index contributed by atoms with van der Waals surface area (Å²) < 4.78 is 0. The van der Waals surface area contributed by atoms with E-state index in [9.17, 15) is 4.79 Å². The quantitative estimate of drug-likeness (QED) is 0.660. The lowest BCUT2D eigenvalue weighted by Crippen LogP contribution is -3.28. The number of piperazine rings is 1. The van der Waals surface area contributed by atoms with Crippen LogP contribution in [0.2, 0.25) is 0 Å². The van der Waals surface area contributed by atoms with Crippen LogP contribution in [0.5, 0.6) is 0 Å². The van der Waals surface area contributed by atoms with Crippen LogP contribution in [0.1, 0.15) is 23.6 Å². The first-order chi connectivity index (χ1) is 13.7. The fraction of sp³-hybridized carbons (Fsp3) is 0.375.